The molecular formula is C12H17BrN2O2. The number of carboxylic acid groups (broad SMARTS) is 1. The van der Waals surface area contributed by atoms with E-state index in [2.05, 4.69) is 33.2 Å². The molecule has 1 heterocycles. The molecule has 0 aromatic carbocycles. The second-order valence-electron chi connectivity index (χ2n) is 3.93. The molecule has 0 fully saturated rings. The summed E-state index contributed by atoms with van der Waals surface area (Å²) in [5.74, 6) is -0.790. The molecule has 17 heavy (non-hydrogen) atoms. The maximum Gasteiger partial charge on any atom is 0.320 e. The van der Waals surface area contributed by atoms with E-state index in [1.54, 1.807) is 12.4 Å². The number of carbonyl (C=O) groups is 1. The number of nitrogens with one attached hydrogen (secondary N) is 1. The third kappa shape index (κ3) is 5.28. The van der Waals surface area contributed by atoms with E-state index in [1.807, 2.05) is 6.07 Å². The van der Waals surface area contributed by atoms with E-state index in [9.17, 15) is 4.79 Å². The number of pyridine rings is 1. The van der Waals surface area contributed by atoms with Crippen LogP contribution in [0.15, 0.2) is 22.9 Å². The Morgan fingerprint density at radius 3 is 2.94 bits per heavy atom. The summed E-state index contributed by atoms with van der Waals surface area (Å²) < 4.78 is 0.900. The number of hydrogen-bond donors (Lipinski definition) is 2. The van der Waals surface area contributed by atoms with Crippen LogP contribution in [0.2, 0.25) is 0 Å². The lowest BCUT2D eigenvalue weighted by atomic mass is 10.1. The quantitative estimate of drug-likeness (QED) is 0.812. The lowest BCUT2D eigenvalue weighted by molar-refractivity contribution is -0.139. The molecular weight excluding hydrogens is 284 g/mol. The molecule has 0 aliphatic rings. The number of aromatic nitrogens is 1. The Kier molecular flexibility index (Phi) is 6.15. The van der Waals surface area contributed by atoms with Gasteiger partial charge in [-0.05, 0) is 34.0 Å². The van der Waals surface area contributed by atoms with E-state index in [-0.39, 0.29) is 0 Å². The Hall–Kier alpha value is -0.940. The normalized spacial score (nSPS) is 12.4. The van der Waals surface area contributed by atoms with Crippen LogP contribution in [0.25, 0.3) is 0 Å². The van der Waals surface area contributed by atoms with Crippen molar-refractivity contribution in [1.29, 1.82) is 0 Å². The van der Waals surface area contributed by atoms with Gasteiger partial charge in [-0.15, -0.1) is 0 Å². The van der Waals surface area contributed by atoms with Crippen LogP contribution in [0.4, 0.5) is 0 Å². The van der Waals surface area contributed by atoms with E-state index in [0.717, 1.165) is 22.9 Å². The van der Waals surface area contributed by atoms with Crippen molar-refractivity contribution in [3.8, 4) is 0 Å². The average Bonchev–Trinajstić information content (AvgIpc) is 2.28. The lowest BCUT2D eigenvalue weighted by Gasteiger charge is -2.13. The minimum atomic E-state index is -0.790. The van der Waals surface area contributed by atoms with Crippen molar-refractivity contribution in [2.75, 3.05) is 0 Å². The number of unbranched alkanes of at least 4 members (excludes halogenated alkanes) is 1. The van der Waals surface area contributed by atoms with E-state index < -0.39 is 12.0 Å². The van der Waals surface area contributed by atoms with Gasteiger partial charge in [-0.25, -0.2) is 0 Å². The monoisotopic (exact) mass is 300 g/mol. The molecule has 1 atom stereocenters. The number of halogens is 1. The minimum Gasteiger partial charge on any atom is -0.480 e. The highest BCUT2D eigenvalue weighted by molar-refractivity contribution is 9.10. The molecule has 4 nitrogen and oxygen atoms in total. The largest absolute Gasteiger partial charge is 0.480 e. The number of nitrogens with zero attached hydrogens (tertiary/aromatic N) is 1. The van der Waals surface area contributed by atoms with Gasteiger partial charge in [-0.3, -0.25) is 9.78 Å². The van der Waals surface area contributed by atoms with E-state index >= 15 is 0 Å². The number of carboxylic acids is 1. The molecule has 0 spiro atoms. The van der Waals surface area contributed by atoms with Crippen LogP contribution in [0.5, 0.6) is 0 Å². The number of aliphatic carboxylic acids is 1. The van der Waals surface area contributed by atoms with Crippen molar-refractivity contribution in [3.63, 3.8) is 0 Å². The summed E-state index contributed by atoms with van der Waals surface area (Å²) in [4.78, 5) is 15.0. The molecule has 1 rings (SSSR count). The fourth-order valence-corrected chi connectivity index (χ4v) is 1.93. The molecule has 1 unspecified atom stereocenters. The third-order valence-electron chi connectivity index (χ3n) is 2.46. The summed E-state index contributed by atoms with van der Waals surface area (Å²) in [5.41, 5.74) is 0.974. The van der Waals surface area contributed by atoms with Crippen molar-refractivity contribution in [3.05, 3.63) is 28.5 Å². The topological polar surface area (TPSA) is 62.2 Å². The van der Waals surface area contributed by atoms with Gasteiger partial charge in [-0.1, -0.05) is 19.8 Å². The van der Waals surface area contributed by atoms with Crippen LogP contribution in [0.1, 0.15) is 31.7 Å². The minimum absolute atomic E-state index is 0.478. The molecule has 0 aliphatic heterocycles. The van der Waals surface area contributed by atoms with Crippen molar-refractivity contribution in [2.45, 2.75) is 38.8 Å². The first-order chi connectivity index (χ1) is 8.13. The Bertz CT molecular complexity index is 371. The third-order valence-corrected chi connectivity index (χ3v) is 2.89. The second-order valence-corrected chi connectivity index (χ2v) is 4.84. The highest BCUT2D eigenvalue weighted by Crippen LogP contribution is 2.10. The van der Waals surface area contributed by atoms with Gasteiger partial charge in [0.05, 0.1) is 0 Å². The fraction of sp³-hybridized carbons (Fsp3) is 0.500. The molecule has 5 heteroatoms. The van der Waals surface area contributed by atoms with Gasteiger partial charge in [0.1, 0.15) is 6.04 Å². The van der Waals surface area contributed by atoms with Gasteiger partial charge in [0.15, 0.2) is 0 Å². The first kappa shape index (κ1) is 14.1. The van der Waals surface area contributed by atoms with Crippen molar-refractivity contribution < 1.29 is 9.90 Å². The van der Waals surface area contributed by atoms with Crippen molar-refractivity contribution >= 4 is 21.9 Å². The lowest BCUT2D eigenvalue weighted by Crippen LogP contribution is -2.36. The maximum absolute atomic E-state index is 11.0. The van der Waals surface area contributed by atoms with Crippen LogP contribution in [0, 0.1) is 0 Å². The van der Waals surface area contributed by atoms with Gasteiger partial charge in [0.25, 0.3) is 0 Å². The van der Waals surface area contributed by atoms with E-state index in [1.165, 1.54) is 0 Å². The highest BCUT2D eigenvalue weighted by Gasteiger charge is 2.15. The zero-order valence-corrected chi connectivity index (χ0v) is 11.4. The molecule has 94 valence electrons. The van der Waals surface area contributed by atoms with Gasteiger partial charge in [-0.2, -0.15) is 0 Å². The molecule has 0 saturated carbocycles. The second kappa shape index (κ2) is 7.40. The predicted octanol–water partition coefficient (Wildman–Crippen LogP) is 2.58. The SMILES string of the molecule is CCCCC(NCc1cncc(Br)c1)C(=O)O. The molecule has 2 N–H and O–H groups in total. The molecule has 1 aromatic rings. The van der Waals surface area contributed by atoms with E-state index in [4.69, 9.17) is 5.11 Å². The van der Waals surface area contributed by atoms with Gasteiger partial charge in [0, 0.05) is 23.4 Å². The Morgan fingerprint density at radius 1 is 1.59 bits per heavy atom. The highest BCUT2D eigenvalue weighted by atomic mass is 79.9. The summed E-state index contributed by atoms with van der Waals surface area (Å²) in [7, 11) is 0. The predicted molar refractivity (Wildman–Crippen MR) is 69.7 cm³/mol. The molecule has 0 radical (unpaired) electrons. The summed E-state index contributed by atoms with van der Waals surface area (Å²) in [6, 6.07) is 1.45. The van der Waals surface area contributed by atoms with Gasteiger partial charge in [0.2, 0.25) is 0 Å². The zero-order chi connectivity index (χ0) is 12.7. The van der Waals surface area contributed by atoms with Gasteiger partial charge < -0.3 is 10.4 Å². The maximum atomic E-state index is 11.0. The summed E-state index contributed by atoms with van der Waals surface area (Å²) >= 11 is 3.33. The number of hydrogen-bond acceptors (Lipinski definition) is 3. The van der Waals surface area contributed by atoms with Crippen LogP contribution in [-0.4, -0.2) is 22.1 Å². The smallest absolute Gasteiger partial charge is 0.320 e. The Labute approximate surface area is 110 Å². The molecule has 0 amide bonds. The van der Waals surface area contributed by atoms with Crippen LogP contribution >= 0.6 is 15.9 Å². The van der Waals surface area contributed by atoms with Crippen molar-refractivity contribution in [1.82, 2.24) is 10.3 Å². The first-order valence-electron chi connectivity index (χ1n) is 5.69. The van der Waals surface area contributed by atoms with Crippen LogP contribution in [0.3, 0.4) is 0 Å². The molecule has 0 bridgehead atoms. The molecule has 0 aliphatic carbocycles. The van der Waals surface area contributed by atoms with Crippen LogP contribution < -0.4 is 5.32 Å². The molecule has 0 saturated heterocycles. The fourth-order valence-electron chi connectivity index (χ4n) is 1.51. The first-order valence-corrected chi connectivity index (χ1v) is 6.48. The summed E-state index contributed by atoms with van der Waals surface area (Å²) in [5, 5.41) is 12.1. The average molecular weight is 301 g/mol. The number of rotatable bonds is 7. The Balaban J connectivity index is 2.48. The van der Waals surface area contributed by atoms with Crippen molar-refractivity contribution in [2.24, 2.45) is 0 Å². The standard InChI is InChI=1S/C12H17BrN2O2/c1-2-3-4-11(12(16)17)15-7-9-5-10(13)8-14-6-9/h5-6,8,11,15H,2-4,7H2,1H3,(H,16,17). The summed E-state index contributed by atoms with van der Waals surface area (Å²) in [6.07, 6.45) is 6.02. The summed E-state index contributed by atoms with van der Waals surface area (Å²) in [6.45, 7) is 2.57. The Morgan fingerprint density at radius 2 is 2.35 bits per heavy atom. The van der Waals surface area contributed by atoms with Crippen LogP contribution in [-0.2, 0) is 11.3 Å². The van der Waals surface area contributed by atoms with Gasteiger partial charge >= 0.3 is 5.97 Å². The molecule has 1 aromatic heterocycles. The van der Waals surface area contributed by atoms with E-state index in [0.29, 0.717) is 13.0 Å². The zero-order valence-electron chi connectivity index (χ0n) is 9.82.